The Morgan fingerprint density at radius 1 is 0.840 bits per heavy atom. The second kappa shape index (κ2) is 13.9. The van der Waals surface area contributed by atoms with Gasteiger partial charge in [0.15, 0.2) is 11.5 Å². The third-order valence-corrected chi connectivity index (χ3v) is 19.1. The van der Waals surface area contributed by atoms with Crippen molar-refractivity contribution in [2.45, 2.75) is 97.7 Å². The third-order valence-electron chi connectivity index (χ3n) is 10.4. The van der Waals surface area contributed by atoms with Gasteiger partial charge in [-0.15, -0.1) is 5.10 Å². The van der Waals surface area contributed by atoms with Crippen LogP contribution in [0.1, 0.15) is 70.0 Å². The van der Waals surface area contributed by atoms with Crippen LogP contribution in [0, 0.1) is 0 Å². The van der Waals surface area contributed by atoms with Crippen LogP contribution in [0.2, 0.25) is 36.3 Å². The van der Waals surface area contributed by atoms with Crippen molar-refractivity contribution in [3.05, 3.63) is 71.3 Å². The van der Waals surface area contributed by atoms with E-state index in [4.69, 9.17) is 33.4 Å². The van der Waals surface area contributed by atoms with Crippen molar-refractivity contribution in [3.8, 4) is 45.5 Å². The standard InChI is InChI=1S/C39H53N3O6Si2/c1-13-27-22-30(33(48-50(11,12)39(5,6)7)24-32(27)47-49(9,10)38(2,3)4)35-36(28-17-18-31-34(23-28)46-20-19-45-31)42(41-40-35)25-26-15-14-16-29(21-26)37(43)44-8/h14-18,21-24H,13,19-20,25H2,1-12H3. The molecule has 0 bridgehead atoms. The van der Waals surface area contributed by atoms with Crippen molar-refractivity contribution in [2.75, 3.05) is 20.3 Å². The molecule has 0 amide bonds. The van der Waals surface area contributed by atoms with E-state index in [1.54, 1.807) is 6.07 Å². The largest absolute Gasteiger partial charge is 0.543 e. The summed E-state index contributed by atoms with van der Waals surface area (Å²) in [6, 6.07) is 17.6. The number of methoxy groups -OCH3 is 1. The second-order valence-electron chi connectivity index (χ2n) is 16.0. The highest BCUT2D eigenvalue weighted by molar-refractivity contribution is 6.75. The Balaban J connectivity index is 1.75. The SMILES string of the molecule is CCc1cc(-c2nnn(Cc3cccc(C(=O)OC)c3)c2-c2ccc3c(c2)OCCO3)c(O[Si](C)(C)C(C)(C)C)cc1O[Si](C)(C)C(C)(C)C. The number of rotatable bonds is 10. The zero-order chi connectivity index (χ0) is 36.6. The average molecular weight is 716 g/mol. The quantitative estimate of drug-likeness (QED) is 0.118. The molecule has 0 radical (unpaired) electrons. The maximum Gasteiger partial charge on any atom is 0.337 e. The van der Waals surface area contributed by atoms with E-state index < -0.39 is 22.6 Å². The number of benzene rings is 3. The lowest BCUT2D eigenvalue weighted by Crippen LogP contribution is -2.44. The van der Waals surface area contributed by atoms with Gasteiger partial charge < -0.3 is 23.1 Å². The molecule has 50 heavy (non-hydrogen) atoms. The molecule has 0 saturated heterocycles. The fourth-order valence-corrected chi connectivity index (χ4v) is 7.34. The molecule has 0 saturated carbocycles. The first-order chi connectivity index (χ1) is 23.3. The minimum atomic E-state index is -2.33. The van der Waals surface area contributed by atoms with Gasteiger partial charge in [-0.2, -0.15) is 0 Å². The lowest BCUT2D eigenvalue weighted by atomic mass is 9.99. The summed E-state index contributed by atoms with van der Waals surface area (Å²) in [7, 11) is -3.12. The van der Waals surface area contributed by atoms with Crippen LogP contribution in [0.4, 0.5) is 0 Å². The highest BCUT2D eigenvalue weighted by Gasteiger charge is 2.42. The van der Waals surface area contributed by atoms with Gasteiger partial charge in [0, 0.05) is 17.2 Å². The predicted molar refractivity (Wildman–Crippen MR) is 204 cm³/mol. The normalized spacial score (nSPS) is 13.6. The fraction of sp³-hybridized carbons (Fsp3) is 0.462. The zero-order valence-corrected chi connectivity index (χ0v) is 33.8. The van der Waals surface area contributed by atoms with Crippen molar-refractivity contribution in [1.82, 2.24) is 15.0 Å². The van der Waals surface area contributed by atoms with Gasteiger partial charge in [-0.3, -0.25) is 0 Å². The maximum absolute atomic E-state index is 12.4. The summed E-state index contributed by atoms with van der Waals surface area (Å²) in [5.41, 5.74) is 5.65. The van der Waals surface area contributed by atoms with Gasteiger partial charge in [0.1, 0.15) is 30.4 Å². The summed E-state index contributed by atoms with van der Waals surface area (Å²) in [5.74, 6) is 2.59. The van der Waals surface area contributed by atoms with E-state index in [-0.39, 0.29) is 10.1 Å². The molecule has 0 unspecified atom stereocenters. The Bertz CT molecular complexity index is 1870. The highest BCUT2D eigenvalue weighted by atomic mass is 28.4. The molecule has 1 aromatic heterocycles. The Kier molecular flexibility index (Phi) is 10.3. The molecule has 0 aliphatic carbocycles. The molecule has 2 heterocycles. The predicted octanol–water partition coefficient (Wildman–Crippen LogP) is 9.55. The molecule has 0 spiro atoms. The lowest BCUT2D eigenvalue weighted by Gasteiger charge is -2.39. The molecule has 0 N–H and O–H groups in total. The van der Waals surface area contributed by atoms with Crippen molar-refractivity contribution in [3.63, 3.8) is 0 Å². The highest BCUT2D eigenvalue weighted by Crippen LogP contribution is 2.47. The number of hydrogen-bond acceptors (Lipinski definition) is 8. The molecule has 5 rings (SSSR count). The molecular weight excluding hydrogens is 663 g/mol. The van der Waals surface area contributed by atoms with Crippen LogP contribution >= 0.6 is 0 Å². The monoisotopic (exact) mass is 715 g/mol. The van der Waals surface area contributed by atoms with Gasteiger partial charge >= 0.3 is 5.97 Å². The van der Waals surface area contributed by atoms with Crippen LogP contribution in [0.3, 0.4) is 0 Å². The second-order valence-corrected chi connectivity index (χ2v) is 25.5. The molecule has 3 aromatic carbocycles. The van der Waals surface area contributed by atoms with Crippen LogP contribution < -0.4 is 18.3 Å². The van der Waals surface area contributed by atoms with E-state index in [0.717, 1.165) is 45.9 Å². The summed E-state index contributed by atoms with van der Waals surface area (Å²) in [5, 5.41) is 9.58. The fourth-order valence-electron chi connectivity index (χ4n) is 5.27. The number of hydrogen-bond donors (Lipinski definition) is 0. The Morgan fingerprint density at radius 2 is 1.48 bits per heavy atom. The van der Waals surface area contributed by atoms with Crippen molar-refractivity contribution < 1.29 is 27.9 Å². The first kappa shape index (κ1) is 37.2. The average Bonchev–Trinajstić information content (AvgIpc) is 3.46. The molecule has 0 atom stereocenters. The first-order valence-corrected chi connectivity index (χ1v) is 23.2. The van der Waals surface area contributed by atoms with E-state index in [9.17, 15) is 4.79 Å². The summed E-state index contributed by atoms with van der Waals surface area (Å²) in [4.78, 5) is 12.4. The number of carbonyl (C=O) groups excluding carboxylic acids is 1. The maximum atomic E-state index is 12.4. The van der Waals surface area contributed by atoms with E-state index in [1.165, 1.54) is 7.11 Å². The van der Waals surface area contributed by atoms with Crippen molar-refractivity contribution in [1.29, 1.82) is 0 Å². The minimum absolute atomic E-state index is 0.0242. The Morgan fingerprint density at radius 3 is 2.10 bits per heavy atom. The summed E-state index contributed by atoms with van der Waals surface area (Å²) >= 11 is 0. The van der Waals surface area contributed by atoms with Crippen LogP contribution in [-0.4, -0.2) is 57.9 Å². The molecule has 9 nitrogen and oxygen atoms in total. The number of fused-ring (bicyclic) bond motifs is 1. The first-order valence-electron chi connectivity index (χ1n) is 17.4. The Hall–Kier alpha value is -4.10. The third kappa shape index (κ3) is 7.63. The molecule has 0 fully saturated rings. The van der Waals surface area contributed by atoms with Crippen LogP contribution in [0.5, 0.6) is 23.0 Å². The smallest absolute Gasteiger partial charge is 0.337 e. The summed E-state index contributed by atoms with van der Waals surface area (Å²) < 4.78 is 32.9. The molecular formula is C39H53N3O6Si2. The van der Waals surface area contributed by atoms with E-state index >= 15 is 0 Å². The number of esters is 1. The molecule has 11 heteroatoms. The van der Waals surface area contributed by atoms with Gasteiger partial charge in [0.25, 0.3) is 8.32 Å². The van der Waals surface area contributed by atoms with Gasteiger partial charge in [-0.1, -0.05) is 65.8 Å². The van der Waals surface area contributed by atoms with E-state index in [2.05, 4.69) is 86.8 Å². The molecule has 1 aliphatic heterocycles. The minimum Gasteiger partial charge on any atom is -0.543 e. The zero-order valence-electron chi connectivity index (χ0n) is 31.8. The summed E-state index contributed by atoms with van der Waals surface area (Å²) in [6.45, 7) is 26.0. The molecule has 268 valence electrons. The van der Waals surface area contributed by atoms with Gasteiger partial charge in [0.05, 0.1) is 24.9 Å². The van der Waals surface area contributed by atoms with Crippen LogP contribution in [0.25, 0.3) is 22.5 Å². The Labute approximate surface area is 299 Å². The van der Waals surface area contributed by atoms with Crippen LogP contribution in [-0.2, 0) is 17.7 Å². The van der Waals surface area contributed by atoms with E-state index in [1.807, 2.05) is 41.1 Å². The van der Waals surface area contributed by atoms with Crippen LogP contribution in [0.15, 0.2) is 54.6 Å². The van der Waals surface area contributed by atoms with Crippen molar-refractivity contribution >= 4 is 22.6 Å². The van der Waals surface area contributed by atoms with E-state index in [0.29, 0.717) is 42.5 Å². The topological polar surface area (TPSA) is 93.9 Å². The number of aromatic nitrogens is 3. The summed E-state index contributed by atoms with van der Waals surface area (Å²) in [6.07, 6.45) is 0.769. The number of ether oxygens (including phenoxy) is 3. The lowest BCUT2D eigenvalue weighted by molar-refractivity contribution is 0.0600. The molecule has 4 aromatic rings. The number of aryl methyl sites for hydroxylation is 1. The van der Waals surface area contributed by atoms with Gasteiger partial charge in [-0.05, 0) is 90.2 Å². The number of carbonyl (C=O) groups is 1. The molecule has 1 aliphatic rings. The van der Waals surface area contributed by atoms with Gasteiger partial charge in [-0.25, -0.2) is 9.48 Å². The van der Waals surface area contributed by atoms with Crippen molar-refractivity contribution in [2.24, 2.45) is 0 Å². The van der Waals surface area contributed by atoms with Gasteiger partial charge in [0.2, 0.25) is 8.32 Å². The number of nitrogens with zero attached hydrogens (tertiary/aromatic N) is 3.